The van der Waals surface area contributed by atoms with Crippen molar-refractivity contribution in [3.05, 3.63) is 58.2 Å². The van der Waals surface area contributed by atoms with Crippen LogP contribution in [0.25, 0.3) is 6.08 Å². The van der Waals surface area contributed by atoms with Crippen LogP contribution in [0.15, 0.2) is 35.9 Å². The van der Waals surface area contributed by atoms with E-state index >= 15 is 0 Å². The van der Waals surface area contributed by atoms with Gasteiger partial charge in [0.15, 0.2) is 0 Å². The van der Waals surface area contributed by atoms with Gasteiger partial charge in [0.1, 0.15) is 28.9 Å². The first-order valence-electron chi connectivity index (χ1n) is 8.30. The summed E-state index contributed by atoms with van der Waals surface area (Å²) >= 11 is 0. The average Bonchev–Trinajstić information content (AvgIpc) is 2.67. The van der Waals surface area contributed by atoms with Gasteiger partial charge >= 0.3 is 0 Å². The van der Waals surface area contributed by atoms with Gasteiger partial charge in [-0.2, -0.15) is 5.26 Å². The molecule has 0 saturated heterocycles. The van der Waals surface area contributed by atoms with Crippen LogP contribution in [0.2, 0.25) is 0 Å². The highest BCUT2D eigenvalue weighted by Gasteiger charge is 2.12. The van der Waals surface area contributed by atoms with Crippen LogP contribution in [-0.4, -0.2) is 25.2 Å². The van der Waals surface area contributed by atoms with Gasteiger partial charge in [0.05, 0.1) is 14.2 Å². The monoisotopic (exact) mass is 366 g/mol. The highest BCUT2D eigenvalue weighted by atomic mass is 16.5. The summed E-state index contributed by atoms with van der Waals surface area (Å²) in [4.78, 5) is 12.4. The number of rotatable bonds is 6. The van der Waals surface area contributed by atoms with Crippen LogP contribution < -0.4 is 14.8 Å². The minimum Gasteiger partial charge on any atom is -0.507 e. The number of amides is 1. The lowest BCUT2D eigenvalue weighted by Gasteiger charge is -2.11. The molecule has 0 aliphatic rings. The van der Waals surface area contributed by atoms with Crippen molar-refractivity contribution in [1.29, 1.82) is 5.26 Å². The normalized spacial score (nSPS) is 10.9. The number of phenols is 1. The molecule has 0 saturated carbocycles. The zero-order valence-electron chi connectivity index (χ0n) is 15.8. The minimum absolute atomic E-state index is 0.0213. The Balaban J connectivity index is 2.18. The van der Waals surface area contributed by atoms with E-state index in [0.717, 1.165) is 5.56 Å². The predicted octanol–water partition coefficient (Wildman–Crippen LogP) is 3.25. The minimum atomic E-state index is -0.487. The number of nitriles is 1. The van der Waals surface area contributed by atoms with E-state index in [1.165, 1.54) is 13.2 Å². The number of ether oxygens (including phenoxy) is 2. The largest absolute Gasteiger partial charge is 0.507 e. The maximum Gasteiger partial charge on any atom is 0.262 e. The molecule has 0 heterocycles. The van der Waals surface area contributed by atoms with Crippen LogP contribution in [0.3, 0.4) is 0 Å². The van der Waals surface area contributed by atoms with Crippen molar-refractivity contribution in [1.82, 2.24) is 5.32 Å². The average molecular weight is 366 g/mol. The standard InChI is InChI=1S/C21H22N2O4/c1-13-7-15(8-14(2)20(13)24)9-17(11-22)21(25)23-12-16-5-6-18(26-3)10-19(16)27-4/h5-10,24H,12H2,1-4H3,(H,23,25)/b17-9+. The first-order valence-corrected chi connectivity index (χ1v) is 8.30. The Morgan fingerprint density at radius 3 is 2.41 bits per heavy atom. The number of hydrogen-bond donors (Lipinski definition) is 2. The van der Waals surface area contributed by atoms with Gasteiger partial charge < -0.3 is 19.9 Å². The van der Waals surface area contributed by atoms with E-state index in [1.54, 1.807) is 51.3 Å². The Labute approximate surface area is 158 Å². The SMILES string of the molecule is COc1ccc(CNC(=O)/C(C#N)=C/c2cc(C)c(O)c(C)c2)c(OC)c1. The van der Waals surface area contributed by atoms with Crippen molar-refractivity contribution in [2.24, 2.45) is 0 Å². The summed E-state index contributed by atoms with van der Waals surface area (Å²) in [5, 5.41) is 21.9. The number of aryl methyl sites for hydroxylation is 2. The lowest BCUT2D eigenvalue weighted by Crippen LogP contribution is -2.24. The van der Waals surface area contributed by atoms with Crippen molar-refractivity contribution >= 4 is 12.0 Å². The highest BCUT2D eigenvalue weighted by Crippen LogP contribution is 2.25. The van der Waals surface area contributed by atoms with Gasteiger partial charge in [-0.05, 0) is 60.9 Å². The molecule has 0 bridgehead atoms. The highest BCUT2D eigenvalue weighted by molar-refractivity contribution is 6.01. The van der Waals surface area contributed by atoms with Gasteiger partial charge in [-0.1, -0.05) is 0 Å². The topological polar surface area (TPSA) is 91.6 Å². The van der Waals surface area contributed by atoms with Crippen LogP contribution in [-0.2, 0) is 11.3 Å². The van der Waals surface area contributed by atoms with Crippen LogP contribution >= 0.6 is 0 Å². The van der Waals surface area contributed by atoms with E-state index in [1.807, 2.05) is 6.07 Å². The summed E-state index contributed by atoms with van der Waals surface area (Å²) < 4.78 is 10.5. The molecule has 2 N–H and O–H groups in total. The number of hydrogen-bond acceptors (Lipinski definition) is 5. The number of nitrogens with one attached hydrogen (secondary N) is 1. The van der Waals surface area contributed by atoms with Crippen molar-refractivity contribution in [2.75, 3.05) is 14.2 Å². The number of aromatic hydroxyl groups is 1. The van der Waals surface area contributed by atoms with E-state index in [9.17, 15) is 15.2 Å². The fourth-order valence-corrected chi connectivity index (χ4v) is 2.66. The lowest BCUT2D eigenvalue weighted by atomic mass is 10.0. The summed E-state index contributed by atoms with van der Waals surface area (Å²) in [7, 11) is 3.10. The third-order valence-corrected chi connectivity index (χ3v) is 4.12. The number of methoxy groups -OCH3 is 2. The molecule has 0 spiro atoms. The molecule has 2 aromatic rings. The van der Waals surface area contributed by atoms with Gasteiger partial charge in [-0.25, -0.2) is 0 Å². The van der Waals surface area contributed by atoms with Gasteiger partial charge in [0.2, 0.25) is 0 Å². The number of carbonyl (C=O) groups excluding carboxylic acids is 1. The molecule has 2 rings (SSSR count). The summed E-state index contributed by atoms with van der Waals surface area (Å²) in [6, 6.07) is 10.7. The van der Waals surface area contributed by atoms with Crippen LogP contribution in [0.5, 0.6) is 17.2 Å². The first-order chi connectivity index (χ1) is 12.9. The Morgan fingerprint density at radius 2 is 1.85 bits per heavy atom. The Bertz CT molecular complexity index is 903. The summed E-state index contributed by atoms with van der Waals surface area (Å²) in [5.74, 6) is 0.958. The maximum absolute atomic E-state index is 12.4. The number of benzene rings is 2. The molecule has 0 atom stereocenters. The van der Waals surface area contributed by atoms with Crippen LogP contribution in [0, 0.1) is 25.2 Å². The fourth-order valence-electron chi connectivity index (χ4n) is 2.66. The van der Waals surface area contributed by atoms with E-state index < -0.39 is 5.91 Å². The van der Waals surface area contributed by atoms with Crippen molar-refractivity contribution in [3.63, 3.8) is 0 Å². The zero-order chi connectivity index (χ0) is 20.0. The van der Waals surface area contributed by atoms with Crippen molar-refractivity contribution in [2.45, 2.75) is 20.4 Å². The van der Waals surface area contributed by atoms with E-state index in [-0.39, 0.29) is 17.9 Å². The molecular weight excluding hydrogens is 344 g/mol. The van der Waals surface area contributed by atoms with Crippen LogP contribution in [0.1, 0.15) is 22.3 Å². The second-order valence-electron chi connectivity index (χ2n) is 6.03. The molecule has 0 radical (unpaired) electrons. The molecule has 27 heavy (non-hydrogen) atoms. The molecule has 0 fully saturated rings. The van der Waals surface area contributed by atoms with Crippen LogP contribution in [0.4, 0.5) is 0 Å². The van der Waals surface area contributed by atoms with E-state index in [0.29, 0.717) is 28.2 Å². The maximum atomic E-state index is 12.4. The van der Waals surface area contributed by atoms with E-state index in [4.69, 9.17) is 9.47 Å². The van der Waals surface area contributed by atoms with Gasteiger partial charge in [-0.3, -0.25) is 4.79 Å². The number of phenolic OH excluding ortho intramolecular Hbond substituents is 1. The quantitative estimate of drug-likeness (QED) is 0.605. The zero-order valence-corrected chi connectivity index (χ0v) is 15.8. The molecule has 0 aromatic heterocycles. The van der Waals surface area contributed by atoms with Gasteiger partial charge in [0.25, 0.3) is 5.91 Å². The Kier molecular flexibility index (Phi) is 6.45. The second-order valence-corrected chi connectivity index (χ2v) is 6.03. The molecule has 6 heteroatoms. The fraction of sp³-hybridized carbons (Fsp3) is 0.238. The van der Waals surface area contributed by atoms with Gasteiger partial charge in [0, 0.05) is 18.2 Å². The Hall–Kier alpha value is -3.46. The lowest BCUT2D eigenvalue weighted by molar-refractivity contribution is -0.117. The first kappa shape index (κ1) is 19.9. The smallest absolute Gasteiger partial charge is 0.262 e. The summed E-state index contributed by atoms with van der Waals surface area (Å²) in [6.45, 7) is 3.74. The van der Waals surface area contributed by atoms with E-state index in [2.05, 4.69) is 5.32 Å². The Morgan fingerprint density at radius 1 is 1.19 bits per heavy atom. The summed E-state index contributed by atoms with van der Waals surface area (Å²) in [6.07, 6.45) is 1.50. The molecule has 0 unspecified atom stereocenters. The third-order valence-electron chi connectivity index (χ3n) is 4.12. The number of nitrogens with zero attached hydrogens (tertiary/aromatic N) is 1. The molecule has 0 aliphatic carbocycles. The second kappa shape index (κ2) is 8.77. The van der Waals surface area contributed by atoms with Gasteiger partial charge in [-0.15, -0.1) is 0 Å². The van der Waals surface area contributed by atoms with Crippen molar-refractivity contribution in [3.8, 4) is 23.3 Å². The number of carbonyl (C=O) groups is 1. The molecule has 2 aromatic carbocycles. The molecule has 0 aliphatic heterocycles. The molecule has 140 valence electrons. The van der Waals surface area contributed by atoms with Crippen molar-refractivity contribution < 1.29 is 19.4 Å². The molecular formula is C21H22N2O4. The third kappa shape index (κ3) is 4.79. The molecule has 6 nitrogen and oxygen atoms in total. The summed E-state index contributed by atoms with van der Waals surface area (Å²) in [5.41, 5.74) is 2.78. The molecule has 1 amide bonds. The predicted molar refractivity (Wildman–Crippen MR) is 103 cm³/mol.